The van der Waals surface area contributed by atoms with Gasteiger partial charge in [-0.25, -0.2) is 15.8 Å². The van der Waals surface area contributed by atoms with Gasteiger partial charge >= 0.3 is 5.69 Å². The van der Waals surface area contributed by atoms with Crippen molar-refractivity contribution in [3.63, 3.8) is 0 Å². The summed E-state index contributed by atoms with van der Waals surface area (Å²) in [5, 5.41) is 13.8. The molecule has 1 unspecified atom stereocenters. The van der Waals surface area contributed by atoms with Crippen LogP contribution in [0.15, 0.2) is 6.33 Å². The van der Waals surface area contributed by atoms with Crippen molar-refractivity contribution in [2.45, 2.75) is 20.0 Å². The van der Waals surface area contributed by atoms with E-state index in [1.807, 2.05) is 13.8 Å². The molecule has 1 heterocycles. The van der Waals surface area contributed by atoms with Gasteiger partial charge in [0.1, 0.15) is 6.33 Å². The molecule has 9 heteroatoms. The van der Waals surface area contributed by atoms with Crippen LogP contribution in [0.4, 0.5) is 17.3 Å². The number of nitrogen functional groups attached to an aromatic ring is 1. The molecule has 9 nitrogen and oxygen atoms in total. The standard InChI is InChI=1S/C9H16N6O3/c1-3-18-6(2)4-11-8-7(15(16)17)9(14-10)13-5-12-8/h5-6H,3-4,10H2,1-2H3,(H2,11,12,13,14). The van der Waals surface area contributed by atoms with Crippen molar-refractivity contribution in [3.05, 3.63) is 16.4 Å². The molecule has 1 rings (SSSR count). The number of nitro groups is 1. The van der Waals surface area contributed by atoms with Crippen LogP contribution in [-0.4, -0.2) is 34.1 Å². The third kappa shape index (κ3) is 3.50. The quantitative estimate of drug-likeness (QED) is 0.365. The highest BCUT2D eigenvalue weighted by Gasteiger charge is 2.22. The maximum atomic E-state index is 10.9. The fraction of sp³-hybridized carbons (Fsp3) is 0.556. The molecule has 0 bridgehead atoms. The summed E-state index contributed by atoms with van der Waals surface area (Å²) < 4.78 is 5.30. The molecular weight excluding hydrogens is 240 g/mol. The van der Waals surface area contributed by atoms with Gasteiger partial charge < -0.3 is 15.5 Å². The lowest BCUT2D eigenvalue weighted by Crippen LogP contribution is -2.21. The number of nitrogens with one attached hydrogen (secondary N) is 2. The summed E-state index contributed by atoms with van der Waals surface area (Å²) in [5.41, 5.74) is 1.88. The summed E-state index contributed by atoms with van der Waals surface area (Å²) in [6, 6.07) is 0. The SMILES string of the molecule is CCOC(C)CNc1ncnc(NN)c1[N+](=O)[O-]. The number of nitrogens with two attached hydrogens (primary N) is 1. The van der Waals surface area contributed by atoms with Gasteiger partial charge in [-0.2, -0.15) is 0 Å². The molecule has 0 aromatic carbocycles. The first-order chi connectivity index (χ1) is 8.60. The van der Waals surface area contributed by atoms with E-state index in [4.69, 9.17) is 10.6 Å². The van der Waals surface area contributed by atoms with Gasteiger partial charge in [-0.05, 0) is 13.8 Å². The number of rotatable bonds is 7. The molecule has 0 fully saturated rings. The van der Waals surface area contributed by atoms with Crippen molar-refractivity contribution >= 4 is 17.3 Å². The number of aromatic nitrogens is 2. The van der Waals surface area contributed by atoms with Gasteiger partial charge in [0.2, 0.25) is 11.6 Å². The van der Waals surface area contributed by atoms with Gasteiger partial charge in [0, 0.05) is 13.2 Å². The van der Waals surface area contributed by atoms with E-state index in [9.17, 15) is 10.1 Å². The first-order valence-electron chi connectivity index (χ1n) is 5.41. The Labute approximate surface area is 104 Å². The van der Waals surface area contributed by atoms with Crippen LogP contribution in [0.2, 0.25) is 0 Å². The van der Waals surface area contributed by atoms with E-state index in [0.29, 0.717) is 13.2 Å². The predicted octanol–water partition coefficient (Wildman–Crippen LogP) is 0.507. The predicted molar refractivity (Wildman–Crippen MR) is 66.1 cm³/mol. The van der Waals surface area contributed by atoms with Crippen LogP contribution in [0.25, 0.3) is 0 Å². The van der Waals surface area contributed by atoms with Crippen LogP contribution >= 0.6 is 0 Å². The minimum absolute atomic E-state index is 0.0402. The maximum Gasteiger partial charge on any atom is 0.354 e. The van der Waals surface area contributed by atoms with Crippen molar-refractivity contribution < 1.29 is 9.66 Å². The zero-order valence-corrected chi connectivity index (χ0v) is 10.2. The van der Waals surface area contributed by atoms with Gasteiger partial charge in [0.15, 0.2) is 0 Å². The van der Waals surface area contributed by atoms with Crippen molar-refractivity contribution in [3.8, 4) is 0 Å². The minimum atomic E-state index is -0.594. The topological polar surface area (TPSA) is 128 Å². The maximum absolute atomic E-state index is 10.9. The summed E-state index contributed by atoms with van der Waals surface area (Å²) >= 11 is 0. The van der Waals surface area contributed by atoms with Gasteiger partial charge in [0.25, 0.3) is 0 Å². The molecule has 1 aromatic heterocycles. The zero-order chi connectivity index (χ0) is 13.5. The zero-order valence-electron chi connectivity index (χ0n) is 10.2. The summed E-state index contributed by atoms with van der Waals surface area (Å²) in [4.78, 5) is 17.8. The van der Waals surface area contributed by atoms with Gasteiger partial charge in [-0.1, -0.05) is 0 Å². The molecule has 0 radical (unpaired) electrons. The molecule has 4 N–H and O–H groups in total. The third-order valence-corrected chi connectivity index (χ3v) is 2.15. The monoisotopic (exact) mass is 256 g/mol. The molecule has 100 valence electrons. The Bertz CT molecular complexity index is 413. The van der Waals surface area contributed by atoms with Crippen molar-refractivity contribution in [1.29, 1.82) is 0 Å². The highest BCUT2D eigenvalue weighted by Crippen LogP contribution is 2.27. The third-order valence-electron chi connectivity index (χ3n) is 2.15. The first-order valence-corrected chi connectivity index (χ1v) is 5.41. The van der Waals surface area contributed by atoms with E-state index in [1.54, 1.807) is 0 Å². The summed E-state index contributed by atoms with van der Waals surface area (Å²) in [5.74, 6) is 5.23. The van der Waals surface area contributed by atoms with E-state index < -0.39 is 4.92 Å². The van der Waals surface area contributed by atoms with Crippen LogP contribution in [-0.2, 0) is 4.74 Å². The lowest BCUT2D eigenvalue weighted by Gasteiger charge is -2.13. The van der Waals surface area contributed by atoms with Crippen LogP contribution < -0.4 is 16.6 Å². The highest BCUT2D eigenvalue weighted by atomic mass is 16.6. The summed E-state index contributed by atoms with van der Waals surface area (Å²) in [6.45, 7) is 4.70. The van der Waals surface area contributed by atoms with E-state index in [-0.39, 0.29) is 23.4 Å². The van der Waals surface area contributed by atoms with E-state index in [1.165, 1.54) is 6.33 Å². The fourth-order valence-electron chi connectivity index (χ4n) is 1.37. The summed E-state index contributed by atoms with van der Waals surface area (Å²) in [6.07, 6.45) is 1.11. The average molecular weight is 256 g/mol. The van der Waals surface area contributed by atoms with E-state index in [0.717, 1.165) is 0 Å². The van der Waals surface area contributed by atoms with Gasteiger partial charge in [0.05, 0.1) is 11.0 Å². The van der Waals surface area contributed by atoms with Gasteiger partial charge in [-0.15, -0.1) is 0 Å². The number of ether oxygens (including phenoxy) is 1. The van der Waals surface area contributed by atoms with Crippen molar-refractivity contribution in [2.75, 3.05) is 23.9 Å². The highest BCUT2D eigenvalue weighted by molar-refractivity contribution is 5.68. The second-order valence-electron chi connectivity index (χ2n) is 3.47. The molecule has 1 atom stereocenters. The van der Waals surface area contributed by atoms with E-state index in [2.05, 4.69) is 20.7 Å². The van der Waals surface area contributed by atoms with Crippen molar-refractivity contribution in [2.24, 2.45) is 5.84 Å². The van der Waals surface area contributed by atoms with E-state index >= 15 is 0 Å². The Kier molecular flexibility index (Phi) is 5.21. The molecule has 0 aliphatic heterocycles. The lowest BCUT2D eigenvalue weighted by molar-refractivity contribution is -0.383. The van der Waals surface area contributed by atoms with Gasteiger partial charge in [-0.3, -0.25) is 10.1 Å². The van der Waals surface area contributed by atoms with Crippen LogP contribution in [0, 0.1) is 10.1 Å². The molecule has 0 aliphatic rings. The van der Waals surface area contributed by atoms with Crippen LogP contribution in [0.1, 0.15) is 13.8 Å². The molecule has 0 saturated carbocycles. The smallest absolute Gasteiger partial charge is 0.354 e. The largest absolute Gasteiger partial charge is 0.377 e. The second-order valence-corrected chi connectivity index (χ2v) is 3.47. The number of hydrogen-bond acceptors (Lipinski definition) is 8. The van der Waals surface area contributed by atoms with Crippen LogP contribution in [0.5, 0.6) is 0 Å². The van der Waals surface area contributed by atoms with Crippen LogP contribution in [0.3, 0.4) is 0 Å². The average Bonchev–Trinajstić information content (AvgIpc) is 2.35. The lowest BCUT2D eigenvalue weighted by atomic mass is 10.3. The second kappa shape index (κ2) is 6.67. The summed E-state index contributed by atoms with van der Waals surface area (Å²) in [7, 11) is 0. The number of hydrazine groups is 1. The minimum Gasteiger partial charge on any atom is -0.377 e. The molecule has 0 amide bonds. The molecule has 0 spiro atoms. The van der Waals surface area contributed by atoms with Crippen molar-refractivity contribution in [1.82, 2.24) is 9.97 Å². The number of hydrogen-bond donors (Lipinski definition) is 3. The molecular formula is C9H16N6O3. The molecule has 1 aromatic rings. The Morgan fingerprint density at radius 2 is 2.22 bits per heavy atom. The Balaban J connectivity index is 2.85. The number of anilines is 2. The molecule has 18 heavy (non-hydrogen) atoms. The Hall–Kier alpha value is -2.00. The normalized spacial score (nSPS) is 11.9. The Morgan fingerprint density at radius 3 is 2.78 bits per heavy atom. The molecule has 0 aliphatic carbocycles. The fourth-order valence-corrected chi connectivity index (χ4v) is 1.37. The molecule has 0 saturated heterocycles. The number of nitrogens with zero attached hydrogens (tertiary/aromatic N) is 3. The Morgan fingerprint density at radius 1 is 1.56 bits per heavy atom. The first kappa shape index (κ1) is 14.1.